The first kappa shape index (κ1) is 14.1. The molecule has 1 N–H and O–H groups in total. The highest BCUT2D eigenvalue weighted by molar-refractivity contribution is 9.10. The van der Waals surface area contributed by atoms with Gasteiger partial charge in [-0.25, -0.2) is 18.2 Å². The second kappa shape index (κ2) is 5.36. The van der Waals surface area contributed by atoms with Gasteiger partial charge in [-0.3, -0.25) is 0 Å². The quantitative estimate of drug-likeness (QED) is 0.872. The fourth-order valence-corrected chi connectivity index (χ4v) is 2.47. The number of benzene rings is 1. The number of alkyl halides is 2. The lowest BCUT2D eigenvalue weighted by atomic mass is 10.1. The van der Waals surface area contributed by atoms with Gasteiger partial charge in [0.2, 0.25) is 0 Å². The second-order valence-electron chi connectivity index (χ2n) is 4.14. The van der Waals surface area contributed by atoms with Crippen LogP contribution >= 0.6 is 15.9 Å². The van der Waals surface area contributed by atoms with Gasteiger partial charge in [0.15, 0.2) is 0 Å². The zero-order valence-corrected chi connectivity index (χ0v) is 12.0. The van der Waals surface area contributed by atoms with Crippen LogP contribution in [0.3, 0.4) is 0 Å². The van der Waals surface area contributed by atoms with Gasteiger partial charge in [0.05, 0.1) is 9.99 Å². The molecule has 0 bridgehead atoms. The number of aryl methyl sites for hydroxylation is 1. The molecule has 0 atom stereocenters. The van der Waals surface area contributed by atoms with Crippen molar-refractivity contribution in [3.8, 4) is 0 Å². The summed E-state index contributed by atoms with van der Waals surface area (Å²) in [6.45, 7) is 4.04. The van der Waals surface area contributed by atoms with Gasteiger partial charge in [0.25, 0.3) is 6.43 Å². The predicted octanol–water partition coefficient (Wildman–Crippen LogP) is 4.81. The minimum Gasteiger partial charge on any atom is -0.385 e. The average Bonchev–Trinajstić information content (AvgIpc) is 2.35. The molecule has 0 unspecified atom stereocenters. The molecule has 0 radical (unpaired) electrons. The molecule has 0 saturated carbocycles. The van der Waals surface area contributed by atoms with Gasteiger partial charge in [0.1, 0.15) is 11.5 Å². The molecule has 1 aromatic heterocycles. The van der Waals surface area contributed by atoms with Crippen molar-refractivity contribution in [3.05, 3.63) is 33.7 Å². The van der Waals surface area contributed by atoms with Crippen molar-refractivity contribution in [2.24, 2.45) is 0 Å². The molecule has 0 saturated heterocycles. The minimum atomic E-state index is -2.66. The Kier molecular flexibility index (Phi) is 3.99. The number of fused-ring (bicyclic) bond motifs is 1. The summed E-state index contributed by atoms with van der Waals surface area (Å²) in [5.41, 5.74) is 1.04. The van der Waals surface area contributed by atoms with E-state index < -0.39 is 12.2 Å². The number of aromatic nitrogens is 1. The maximum atomic E-state index is 13.7. The van der Waals surface area contributed by atoms with Gasteiger partial charge >= 0.3 is 0 Å². The molecule has 102 valence electrons. The molecule has 0 amide bonds. The van der Waals surface area contributed by atoms with Crippen molar-refractivity contribution >= 4 is 32.5 Å². The fourth-order valence-electron chi connectivity index (χ4n) is 1.96. The Morgan fingerprint density at radius 3 is 2.63 bits per heavy atom. The number of rotatable bonds is 3. The molecule has 1 aromatic carbocycles. The van der Waals surface area contributed by atoms with E-state index >= 15 is 0 Å². The molecule has 2 nitrogen and oxygen atoms in total. The van der Waals surface area contributed by atoms with Gasteiger partial charge < -0.3 is 5.32 Å². The smallest absolute Gasteiger partial charge is 0.280 e. The lowest BCUT2D eigenvalue weighted by Gasteiger charge is -2.14. The number of nitrogens with one attached hydrogen (secondary N) is 1. The van der Waals surface area contributed by atoms with Crippen molar-refractivity contribution in [2.45, 2.75) is 20.3 Å². The van der Waals surface area contributed by atoms with Crippen LogP contribution in [-0.2, 0) is 0 Å². The molecule has 0 aliphatic carbocycles. The summed E-state index contributed by atoms with van der Waals surface area (Å²) in [7, 11) is 0. The van der Waals surface area contributed by atoms with Crippen LogP contribution in [0, 0.1) is 12.7 Å². The van der Waals surface area contributed by atoms with Gasteiger partial charge in [-0.05, 0) is 47.5 Å². The van der Waals surface area contributed by atoms with Crippen molar-refractivity contribution in [1.29, 1.82) is 0 Å². The Bertz CT molecular complexity index is 629. The molecule has 6 heteroatoms. The van der Waals surface area contributed by atoms with Crippen molar-refractivity contribution in [3.63, 3.8) is 0 Å². The Labute approximate surface area is 117 Å². The normalized spacial score (nSPS) is 11.3. The number of nitrogens with zero attached hydrogens (tertiary/aromatic N) is 1. The summed E-state index contributed by atoms with van der Waals surface area (Å²) < 4.78 is 39.7. The van der Waals surface area contributed by atoms with E-state index in [4.69, 9.17) is 0 Å². The SMILES string of the molecule is CCNc1cc(C(F)F)nc2c(C)cc(F)c(Br)c12. The van der Waals surface area contributed by atoms with Crippen LogP contribution in [0.5, 0.6) is 0 Å². The van der Waals surface area contributed by atoms with Crippen LogP contribution in [0.4, 0.5) is 18.9 Å². The highest BCUT2D eigenvalue weighted by Gasteiger charge is 2.18. The van der Waals surface area contributed by atoms with Gasteiger partial charge in [-0.2, -0.15) is 0 Å². The Morgan fingerprint density at radius 1 is 1.37 bits per heavy atom. The van der Waals surface area contributed by atoms with E-state index in [0.717, 1.165) is 0 Å². The molecule has 1 heterocycles. The topological polar surface area (TPSA) is 24.9 Å². The van der Waals surface area contributed by atoms with E-state index in [2.05, 4.69) is 26.2 Å². The third-order valence-electron chi connectivity index (χ3n) is 2.78. The second-order valence-corrected chi connectivity index (χ2v) is 4.93. The number of hydrogen-bond acceptors (Lipinski definition) is 2. The highest BCUT2D eigenvalue weighted by Crippen LogP contribution is 2.36. The van der Waals surface area contributed by atoms with Crippen molar-refractivity contribution in [2.75, 3.05) is 11.9 Å². The van der Waals surface area contributed by atoms with Crippen LogP contribution in [0.2, 0.25) is 0 Å². The van der Waals surface area contributed by atoms with Crippen LogP contribution in [-0.4, -0.2) is 11.5 Å². The van der Waals surface area contributed by atoms with Gasteiger partial charge in [0, 0.05) is 17.6 Å². The van der Waals surface area contributed by atoms with Crippen molar-refractivity contribution in [1.82, 2.24) is 4.98 Å². The number of pyridine rings is 1. The summed E-state index contributed by atoms with van der Waals surface area (Å²) in [4.78, 5) is 3.93. The molecule has 2 aromatic rings. The minimum absolute atomic E-state index is 0.234. The zero-order valence-electron chi connectivity index (χ0n) is 10.4. The van der Waals surface area contributed by atoms with E-state index in [1.807, 2.05) is 6.92 Å². The Balaban J connectivity index is 2.86. The van der Waals surface area contributed by atoms with E-state index in [9.17, 15) is 13.2 Å². The number of anilines is 1. The first-order valence-corrected chi connectivity index (χ1v) is 6.56. The highest BCUT2D eigenvalue weighted by atomic mass is 79.9. The predicted molar refractivity (Wildman–Crippen MR) is 73.3 cm³/mol. The van der Waals surface area contributed by atoms with E-state index in [1.165, 1.54) is 12.1 Å². The largest absolute Gasteiger partial charge is 0.385 e. The molecule has 0 fully saturated rings. The van der Waals surface area contributed by atoms with Crippen LogP contribution in [0.1, 0.15) is 24.6 Å². The summed E-state index contributed by atoms with van der Waals surface area (Å²) in [5, 5.41) is 3.46. The van der Waals surface area contributed by atoms with E-state index in [1.54, 1.807) is 6.92 Å². The Morgan fingerprint density at radius 2 is 2.05 bits per heavy atom. The summed E-state index contributed by atoms with van der Waals surface area (Å²) in [6.07, 6.45) is -2.66. The van der Waals surface area contributed by atoms with Crippen LogP contribution in [0.15, 0.2) is 16.6 Å². The molecular formula is C13H12BrF3N2. The third-order valence-corrected chi connectivity index (χ3v) is 3.55. The monoisotopic (exact) mass is 332 g/mol. The molecule has 0 aliphatic heterocycles. The molecule has 19 heavy (non-hydrogen) atoms. The summed E-state index contributed by atoms with van der Waals surface area (Å²) >= 11 is 3.15. The van der Waals surface area contributed by atoms with Gasteiger partial charge in [-0.15, -0.1) is 0 Å². The lowest BCUT2D eigenvalue weighted by Crippen LogP contribution is -2.03. The van der Waals surface area contributed by atoms with Crippen LogP contribution < -0.4 is 5.32 Å². The molecule has 2 rings (SSSR count). The standard InChI is InChI=1S/C13H12BrF3N2/c1-3-18-8-5-9(13(16)17)19-12-6(2)4-7(15)11(14)10(8)12/h4-5,13H,3H2,1-2H3,(H,18,19). The lowest BCUT2D eigenvalue weighted by molar-refractivity contribution is 0.146. The van der Waals surface area contributed by atoms with E-state index in [-0.39, 0.29) is 10.2 Å². The zero-order chi connectivity index (χ0) is 14.2. The summed E-state index contributed by atoms with van der Waals surface area (Å²) in [5.74, 6) is -0.434. The molecular weight excluding hydrogens is 321 g/mol. The number of halogens is 4. The van der Waals surface area contributed by atoms with Crippen molar-refractivity contribution < 1.29 is 13.2 Å². The van der Waals surface area contributed by atoms with Crippen LogP contribution in [0.25, 0.3) is 10.9 Å². The fraction of sp³-hybridized carbons (Fsp3) is 0.308. The maximum absolute atomic E-state index is 13.7. The Hall–Kier alpha value is -1.30. The van der Waals surface area contributed by atoms with Gasteiger partial charge in [-0.1, -0.05) is 0 Å². The third kappa shape index (κ3) is 2.54. The molecule has 0 aliphatic rings. The first-order valence-electron chi connectivity index (χ1n) is 5.77. The van der Waals surface area contributed by atoms with E-state index in [0.29, 0.717) is 28.7 Å². The number of hydrogen-bond donors (Lipinski definition) is 1. The molecule has 0 spiro atoms. The summed E-state index contributed by atoms with van der Waals surface area (Å²) in [6, 6.07) is 2.55. The maximum Gasteiger partial charge on any atom is 0.280 e. The first-order chi connectivity index (χ1) is 8.95. The average molecular weight is 333 g/mol.